The van der Waals surface area contributed by atoms with E-state index in [0.717, 1.165) is 11.3 Å². The second-order valence-corrected chi connectivity index (χ2v) is 6.90. The van der Waals surface area contributed by atoms with Gasteiger partial charge in [0.25, 0.3) is 10.0 Å². The molecule has 1 heterocycles. The van der Waals surface area contributed by atoms with Gasteiger partial charge in [-0.3, -0.25) is 9.52 Å². The predicted molar refractivity (Wildman–Crippen MR) is 81.9 cm³/mol. The van der Waals surface area contributed by atoms with Crippen molar-refractivity contribution >= 4 is 38.1 Å². The van der Waals surface area contributed by atoms with Crippen LogP contribution in [0.5, 0.6) is 0 Å². The molecule has 0 amide bonds. The topological polar surface area (TPSA) is 124 Å². The second-order valence-electron chi connectivity index (χ2n) is 4.16. The molecule has 2 rings (SSSR count). The number of ether oxygens (including phenoxy) is 1. The summed E-state index contributed by atoms with van der Waals surface area (Å²) in [6.07, 6.45) is -0.0465. The number of hydrogen-bond acceptors (Lipinski definition) is 8. The number of carbonyl (C=O) groups excluding carboxylic acids is 1. The molecule has 0 bridgehead atoms. The first-order valence-electron chi connectivity index (χ1n) is 6.27. The summed E-state index contributed by atoms with van der Waals surface area (Å²) in [5, 5.41) is 7.90. The van der Waals surface area contributed by atoms with Crippen LogP contribution in [-0.4, -0.2) is 31.2 Å². The number of sulfonamides is 1. The minimum absolute atomic E-state index is 0.0465. The highest BCUT2D eigenvalue weighted by Gasteiger charge is 2.17. The lowest BCUT2D eigenvalue weighted by Gasteiger charge is -2.04. The molecule has 0 atom stereocenters. The summed E-state index contributed by atoms with van der Waals surface area (Å²) < 4.78 is 31.4. The molecule has 1 aromatic carbocycles. The van der Waals surface area contributed by atoms with E-state index in [9.17, 15) is 13.2 Å². The zero-order valence-electron chi connectivity index (χ0n) is 11.6. The van der Waals surface area contributed by atoms with Gasteiger partial charge in [0, 0.05) is 5.69 Å². The number of benzene rings is 1. The normalized spacial score (nSPS) is 11.1. The summed E-state index contributed by atoms with van der Waals surface area (Å²) in [7, 11) is -3.77. The van der Waals surface area contributed by atoms with Crippen LogP contribution < -0.4 is 10.5 Å². The van der Waals surface area contributed by atoms with Crippen molar-refractivity contribution in [2.24, 2.45) is 0 Å². The van der Waals surface area contributed by atoms with E-state index in [4.69, 9.17) is 10.5 Å². The first kappa shape index (κ1) is 16.2. The number of carbonyl (C=O) groups is 1. The number of rotatable bonds is 6. The molecule has 8 nitrogen and oxygen atoms in total. The van der Waals surface area contributed by atoms with Gasteiger partial charge in [0.05, 0.1) is 17.9 Å². The molecule has 0 aliphatic heterocycles. The molecule has 0 unspecified atom stereocenters. The van der Waals surface area contributed by atoms with Gasteiger partial charge in [-0.1, -0.05) is 11.3 Å². The van der Waals surface area contributed by atoms with Crippen molar-refractivity contribution in [3.05, 3.63) is 29.3 Å². The highest BCUT2D eigenvalue weighted by Crippen LogP contribution is 2.21. The Morgan fingerprint density at radius 2 is 2.00 bits per heavy atom. The molecule has 0 aliphatic carbocycles. The van der Waals surface area contributed by atoms with Crippen LogP contribution in [0.3, 0.4) is 0 Å². The number of esters is 1. The molecule has 10 heteroatoms. The Labute approximate surface area is 131 Å². The Balaban J connectivity index is 2.09. The third-order valence-corrected chi connectivity index (χ3v) is 4.80. The fraction of sp³-hybridized carbons (Fsp3) is 0.250. The van der Waals surface area contributed by atoms with Gasteiger partial charge in [0.2, 0.25) is 5.13 Å². The zero-order valence-corrected chi connectivity index (χ0v) is 13.3. The molecule has 1 aromatic heterocycles. The van der Waals surface area contributed by atoms with Crippen LogP contribution in [0.2, 0.25) is 0 Å². The van der Waals surface area contributed by atoms with Crippen molar-refractivity contribution in [3.63, 3.8) is 0 Å². The molecular weight excluding hydrogens is 328 g/mol. The van der Waals surface area contributed by atoms with Crippen LogP contribution in [0.1, 0.15) is 11.9 Å². The average molecular weight is 342 g/mol. The van der Waals surface area contributed by atoms with Gasteiger partial charge in [0.15, 0.2) is 0 Å². The molecule has 2 aromatic rings. The van der Waals surface area contributed by atoms with Crippen LogP contribution in [-0.2, 0) is 26.0 Å². The average Bonchev–Trinajstić information content (AvgIpc) is 2.85. The largest absolute Gasteiger partial charge is 0.466 e. The third kappa shape index (κ3) is 4.15. The predicted octanol–water partition coefficient (Wildman–Crippen LogP) is 1.03. The monoisotopic (exact) mass is 342 g/mol. The Hall–Kier alpha value is -2.20. The van der Waals surface area contributed by atoms with Crippen molar-refractivity contribution in [2.75, 3.05) is 17.1 Å². The van der Waals surface area contributed by atoms with E-state index in [1.54, 1.807) is 6.92 Å². The maximum atomic E-state index is 12.1. The lowest BCUT2D eigenvalue weighted by Crippen LogP contribution is -2.12. The summed E-state index contributed by atoms with van der Waals surface area (Å²) in [6, 6.07) is 5.75. The van der Waals surface area contributed by atoms with Crippen LogP contribution in [0.4, 0.5) is 10.8 Å². The van der Waals surface area contributed by atoms with E-state index >= 15 is 0 Å². The Bertz CT molecular complexity index is 756. The highest BCUT2D eigenvalue weighted by molar-refractivity contribution is 7.93. The Morgan fingerprint density at radius 1 is 1.32 bits per heavy atom. The molecule has 0 saturated heterocycles. The Morgan fingerprint density at radius 3 is 2.64 bits per heavy atom. The van der Waals surface area contributed by atoms with Gasteiger partial charge < -0.3 is 10.5 Å². The molecule has 0 aliphatic rings. The van der Waals surface area contributed by atoms with Crippen LogP contribution in [0, 0.1) is 0 Å². The number of nitrogen functional groups attached to an aromatic ring is 1. The van der Waals surface area contributed by atoms with Gasteiger partial charge >= 0.3 is 5.97 Å². The van der Waals surface area contributed by atoms with E-state index < -0.39 is 16.0 Å². The quantitative estimate of drug-likeness (QED) is 0.593. The van der Waals surface area contributed by atoms with Gasteiger partial charge in [-0.05, 0) is 31.2 Å². The van der Waals surface area contributed by atoms with Crippen LogP contribution in [0.25, 0.3) is 0 Å². The third-order valence-electron chi connectivity index (χ3n) is 2.48. The van der Waals surface area contributed by atoms with Crippen LogP contribution in [0.15, 0.2) is 29.2 Å². The molecule has 0 saturated carbocycles. The van der Waals surface area contributed by atoms with E-state index in [1.165, 1.54) is 24.3 Å². The van der Waals surface area contributed by atoms with Crippen molar-refractivity contribution < 1.29 is 17.9 Å². The van der Waals surface area contributed by atoms with E-state index in [1.807, 2.05) is 0 Å². The summed E-state index contributed by atoms with van der Waals surface area (Å²) in [5.74, 6) is -0.438. The number of hydrogen-bond donors (Lipinski definition) is 2. The minimum Gasteiger partial charge on any atom is -0.466 e. The smallest absolute Gasteiger partial charge is 0.312 e. The summed E-state index contributed by atoms with van der Waals surface area (Å²) in [6.45, 7) is 1.97. The van der Waals surface area contributed by atoms with E-state index in [2.05, 4.69) is 14.9 Å². The second kappa shape index (κ2) is 6.71. The number of anilines is 2. The molecular formula is C12H14N4O4S2. The van der Waals surface area contributed by atoms with Crippen molar-refractivity contribution in [2.45, 2.75) is 18.2 Å². The van der Waals surface area contributed by atoms with Crippen molar-refractivity contribution in [3.8, 4) is 0 Å². The van der Waals surface area contributed by atoms with Crippen molar-refractivity contribution in [1.29, 1.82) is 0 Å². The maximum absolute atomic E-state index is 12.1. The SMILES string of the molecule is CCOC(=O)Cc1nnc(NS(=O)(=O)c2ccc(N)cc2)s1. The molecule has 22 heavy (non-hydrogen) atoms. The first-order chi connectivity index (χ1) is 10.4. The van der Waals surface area contributed by atoms with E-state index in [-0.39, 0.29) is 23.1 Å². The van der Waals surface area contributed by atoms with Crippen molar-refractivity contribution in [1.82, 2.24) is 10.2 Å². The molecule has 3 N–H and O–H groups in total. The van der Waals surface area contributed by atoms with Gasteiger partial charge in [0.1, 0.15) is 5.01 Å². The lowest BCUT2D eigenvalue weighted by atomic mass is 10.3. The fourth-order valence-corrected chi connectivity index (χ4v) is 3.48. The van der Waals surface area contributed by atoms with Gasteiger partial charge in [-0.15, -0.1) is 10.2 Å². The molecule has 118 valence electrons. The zero-order chi connectivity index (χ0) is 16.2. The molecule has 0 spiro atoms. The maximum Gasteiger partial charge on any atom is 0.312 e. The molecule has 0 fully saturated rings. The number of aromatic nitrogens is 2. The van der Waals surface area contributed by atoms with E-state index in [0.29, 0.717) is 10.7 Å². The number of nitrogens with zero attached hydrogens (tertiary/aromatic N) is 2. The summed E-state index contributed by atoms with van der Waals surface area (Å²) >= 11 is 0.974. The summed E-state index contributed by atoms with van der Waals surface area (Å²) in [4.78, 5) is 11.4. The standard InChI is InChI=1S/C12H14N4O4S2/c1-2-20-11(17)7-10-14-15-12(21-10)16-22(18,19)9-5-3-8(13)4-6-9/h3-6H,2,7,13H2,1H3,(H,15,16). The summed E-state index contributed by atoms with van der Waals surface area (Å²) in [5.41, 5.74) is 5.98. The van der Waals surface area contributed by atoms with Gasteiger partial charge in [-0.2, -0.15) is 0 Å². The first-order valence-corrected chi connectivity index (χ1v) is 8.57. The number of nitrogens with two attached hydrogens (primary N) is 1. The van der Waals surface area contributed by atoms with Gasteiger partial charge in [-0.25, -0.2) is 8.42 Å². The number of nitrogens with one attached hydrogen (secondary N) is 1. The fourth-order valence-electron chi connectivity index (χ4n) is 1.52. The minimum atomic E-state index is -3.77. The Kier molecular flexibility index (Phi) is 4.93. The highest BCUT2D eigenvalue weighted by atomic mass is 32.2. The lowest BCUT2D eigenvalue weighted by molar-refractivity contribution is -0.142. The molecule has 0 radical (unpaired) electrons. The van der Waals surface area contributed by atoms with Crippen LogP contribution >= 0.6 is 11.3 Å².